The Morgan fingerprint density at radius 1 is 1.06 bits per heavy atom. The van der Waals surface area contributed by atoms with Crippen molar-refractivity contribution in [2.24, 2.45) is 0 Å². The van der Waals surface area contributed by atoms with Crippen molar-refractivity contribution in [3.8, 4) is 11.5 Å². The van der Waals surface area contributed by atoms with Gasteiger partial charge in [-0.25, -0.2) is 0 Å². The summed E-state index contributed by atoms with van der Waals surface area (Å²) in [6, 6.07) is 17.2. The fourth-order valence-electron chi connectivity index (χ4n) is 4.16. The lowest BCUT2D eigenvalue weighted by molar-refractivity contribution is -0.384. The molecular weight excluding hydrogens is 428 g/mol. The number of ketones is 1. The summed E-state index contributed by atoms with van der Waals surface area (Å²) in [5, 5.41) is 22.3. The fraction of sp³-hybridized carbons (Fsp3) is 0.167. The van der Waals surface area contributed by atoms with Crippen LogP contribution < -0.4 is 14.4 Å². The van der Waals surface area contributed by atoms with Crippen LogP contribution in [-0.2, 0) is 16.9 Å². The molecule has 2 aliphatic heterocycles. The van der Waals surface area contributed by atoms with Crippen LogP contribution in [0.25, 0.3) is 0 Å². The molecule has 1 amide bonds. The molecule has 3 aromatic carbocycles. The van der Waals surface area contributed by atoms with Crippen molar-refractivity contribution >= 4 is 23.1 Å². The Morgan fingerprint density at radius 2 is 1.79 bits per heavy atom. The third kappa shape index (κ3) is 3.48. The van der Waals surface area contributed by atoms with Crippen molar-refractivity contribution in [2.45, 2.75) is 18.6 Å². The first kappa shape index (κ1) is 20.7. The number of non-ortho nitro benzene ring substituents is 1. The number of fused-ring (bicyclic) bond motifs is 2. The molecule has 9 nitrogen and oxygen atoms in total. The zero-order valence-corrected chi connectivity index (χ0v) is 17.3. The van der Waals surface area contributed by atoms with E-state index in [2.05, 4.69) is 0 Å². The molecule has 5 rings (SSSR count). The number of hydrogen-bond acceptors (Lipinski definition) is 7. The Hall–Kier alpha value is -4.24. The van der Waals surface area contributed by atoms with Gasteiger partial charge in [0, 0.05) is 23.3 Å². The second kappa shape index (κ2) is 7.72. The van der Waals surface area contributed by atoms with Crippen LogP contribution in [0.5, 0.6) is 11.5 Å². The van der Waals surface area contributed by atoms with Crippen molar-refractivity contribution in [1.29, 1.82) is 0 Å². The highest BCUT2D eigenvalue weighted by molar-refractivity contribution is 6.10. The van der Waals surface area contributed by atoms with E-state index >= 15 is 0 Å². The highest BCUT2D eigenvalue weighted by Gasteiger charge is 2.50. The Kier molecular flexibility index (Phi) is 4.83. The summed E-state index contributed by atoms with van der Waals surface area (Å²) in [4.78, 5) is 38.0. The first-order chi connectivity index (χ1) is 15.9. The van der Waals surface area contributed by atoms with Crippen molar-refractivity contribution in [1.82, 2.24) is 0 Å². The molecule has 0 saturated carbocycles. The lowest BCUT2D eigenvalue weighted by Gasteiger charge is -2.23. The monoisotopic (exact) mass is 446 g/mol. The van der Waals surface area contributed by atoms with Gasteiger partial charge in [0.15, 0.2) is 22.9 Å². The van der Waals surface area contributed by atoms with Gasteiger partial charge in [0.05, 0.1) is 23.6 Å². The topological polar surface area (TPSA) is 119 Å². The number of aliphatic hydroxyl groups is 1. The molecule has 2 heterocycles. The standard InChI is InChI=1S/C24H18N2O7/c27-20(16-6-8-17(9-7-16)26(30)31)12-24(29)18-3-1-2-4-19(18)25(23(24)28)13-15-5-10-21-22(11-15)33-14-32-21/h1-11,29H,12-14H2/t24-/m1/s1. The van der Waals surface area contributed by atoms with Crippen LogP contribution in [0.1, 0.15) is 27.9 Å². The molecule has 0 radical (unpaired) electrons. The minimum atomic E-state index is -2.05. The van der Waals surface area contributed by atoms with Gasteiger partial charge in [0.25, 0.3) is 11.6 Å². The van der Waals surface area contributed by atoms with E-state index in [0.717, 1.165) is 5.56 Å². The number of benzene rings is 3. The quantitative estimate of drug-likeness (QED) is 0.350. The Morgan fingerprint density at radius 3 is 2.55 bits per heavy atom. The first-order valence-corrected chi connectivity index (χ1v) is 10.2. The van der Waals surface area contributed by atoms with Crippen molar-refractivity contribution in [3.63, 3.8) is 0 Å². The van der Waals surface area contributed by atoms with E-state index in [1.54, 1.807) is 36.4 Å². The summed E-state index contributed by atoms with van der Waals surface area (Å²) in [5.41, 5.74) is -0.402. The van der Waals surface area contributed by atoms with Crippen molar-refractivity contribution in [2.75, 3.05) is 11.7 Å². The number of carbonyl (C=O) groups is 2. The van der Waals surface area contributed by atoms with Gasteiger partial charge in [0.2, 0.25) is 6.79 Å². The van der Waals surface area contributed by atoms with Crippen LogP contribution in [0.3, 0.4) is 0 Å². The average molecular weight is 446 g/mol. The third-order valence-corrected chi connectivity index (χ3v) is 5.83. The van der Waals surface area contributed by atoms with Gasteiger partial charge in [0.1, 0.15) is 0 Å². The van der Waals surface area contributed by atoms with Gasteiger partial charge < -0.3 is 19.5 Å². The van der Waals surface area contributed by atoms with Crippen LogP contribution >= 0.6 is 0 Å². The number of amides is 1. The predicted molar refractivity (Wildman–Crippen MR) is 116 cm³/mol. The molecule has 166 valence electrons. The molecule has 3 aromatic rings. The number of anilines is 1. The van der Waals surface area contributed by atoms with Crippen LogP contribution in [0, 0.1) is 10.1 Å². The molecule has 1 atom stereocenters. The van der Waals surface area contributed by atoms with E-state index in [9.17, 15) is 24.8 Å². The molecule has 0 aromatic heterocycles. The molecule has 33 heavy (non-hydrogen) atoms. The molecule has 9 heteroatoms. The number of ether oxygens (including phenoxy) is 2. The van der Waals surface area contributed by atoms with E-state index in [1.165, 1.54) is 29.2 Å². The second-order valence-corrected chi connectivity index (χ2v) is 7.86. The maximum absolute atomic E-state index is 13.4. The van der Waals surface area contributed by atoms with E-state index < -0.39 is 28.6 Å². The average Bonchev–Trinajstić information content (AvgIpc) is 3.36. The van der Waals surface area contributed by atoms with Crippen LogP contribution in [-0.4, -0.2) is 28.5 Å². The number of nitro benzene ring substituents is 1. The zero-order chi connectivity index (χ0) is 23.2. The minimum absolute atomic E-state index is 0.134. The van der Waals surface area contributed by atoms with Gasteiger partial charge in [-0.05, 0) is 35.9 Å². The molecule has 0 fully saturated rings. The van der Waals surface area contributed by atoms with Crippen molar-refractivity contribution in [3.05, 3.63) is 93.5 Å². The summed E-state index contributed by atoms with van der Waals surface area (Å²) in [6.07, 6.45) is -0.488. The van der Waals surface area contributed by atoms with Crippen LogP contribution in [0.4, 0.5) is 11.4 Å². The van der Waals surface area contributed by atoms with Gasteiger partial charge in [-0.3, -0.25) is 19.7 Å². The number of para-hydroxylation sites is 1. The lowest BCUT2D eigenvalue weighted by atomic mass is 9.88. The number of hydrogen-bond donors (Lipinski definition) is 1. The number of nitrogens with zero attached hydrogens (tertiary/aromatic N) is 2. The number of nitro groups is 1. The zero-order valence-electron chi connectivity index (χ0n) is 17.3. The van der Waals surface area contributed by atoms with Gasteiger partial charge in [-0.2, -0.15) is 0 Å². The molecule has 0 aliphatic carbocycles. The SMILES string of the molecule is O=C(C[C@]1(O)C(=O)N(Cc2ccc3c(c2)OCO3)c2ccccc21)c1ccc([N+](=O)[O-])cc1. The maximum atomic E-state index is 13.4. The number of carbonyl (C=O) groups excluding carboxylic acids is 2. The highest BCUT2D eigenvalue weighted by atomic mass is 16.7. The number of rotatable bonds is 6. The molecular formula is C24H18N2O7. The molecule has 0 bridgehead atoms. The fourth-order valence-corrected chi connectivity index (χ4v) is 4.16. The Labute approximate surface area is 187 Å². The van der Waals surface area contributed by atoms with Crippen molar-refractivity contribution < 1.29 is 29.1 Å². The van der Waals surface area contributed by atoms with E-state index in [-0.39, 0.29) is 24.6 Å². The van der Waals surface area contributed by atoms with Crippen LogP contribution in [0.15, 0.2) is 66.7 Å². The Bertz CT molecular complexity index is 1290. The lowest BCUT2D eigenvalue weighted by Crippen LogP contribution is -2.41. The maximum Gasteiger partial charge on any atom is 0.269 e. The second-order valence-electron chi connectivity index (χ2n) is 7.86. The van der Waals surface area contributed by atoms with E-state index in [4.69, 9.17) is 9.47 Å². The molecule has 1 N–H and O–H groups in total. The molecule has 0 unspecified atom stereocenters. The predicted octanol–water partition coefficient (Wildman–Crippen LogP) is 3.33. The smallest absolute Gasteiger partial charge is 0.269 e. The summed E-state index contributed by atoms with van der Waals surface area (Å²) in [7, 11) is 0. The third-order valence-electron chi connectivity index (χ3n) is 5.83. The normalized spacial score (nSPS) is 18.3. The van der Waals surface area contributed by atoms with E-state index in [1.807, 2.05) is 6.07 Å². The highest BCUT2D eigenvalue weighted by Crippen LogP contribution is 2.44. The summed E-state index contributed by atoms with van der Waals surface area (Å²) >= 11 is 0. The van der Waals surface area contributed by atoms with Gasteiger partial charge >= 0.3 is 0 Å². The molecule has 2 aliphatic rings. The molecule has 0 saturated heterocycles. The van der Waals surface area contributed by atoms with Crippen LogP contribution in [0.2, 0.25) is 0 Å². The summed E-state index contributed by atoms with van der Waals surface area (Å²) in [6.45, 7) is 0.301. The largest absolute Gasteiger partial charge is 0.454 e. The first-order valence-electron chi connectivity index (χ1n) is 10.2. The van der Waals surface area contributed by atoms with E-state index in [0.29, 0.717) is 22.7 Å². The Balaban J connectivity index is 1.43. The van der Waals surface area contributed by atoms with Gasteiger partial charge in [-0.1, -0.05) is 24.3 Å². The number of Topliss-reactive ketones (excluding diaryl/α,β-unsaturated/α-hetero) is 1. The van der Waals surface area contributed by atoms with Gasteiger partial charge in [-0.15, -0.1) is 0 Å². The summed E-state index contributed by atoms with van der Waals surface area (Å²) in [5.74, 6) is 0.0882. The molecule has 0 spiro atoms. The summed E-state index contributed by atoms with van der Waals surface area (Å²) < 4.78 is 10.7. The minimum Gasteiger partial charge on any atom is -0.454 e.